The zero-order chi connectivity index (χ0) is 25.7. The van der Waals surface area contributed by atoms with Crippen LogP contribution < -0.4 is 0 Å². The van der Waals surface area contributed by atoms with E-state index in [0.29, 0.717) is 12.1 Å². The zero-order valence-electron chi connectivity index (χ0n) is 19.3. The van der Waals surface area contributed by atoms with Crippen molar-refractivity contribution < 1.29 is 22.7 Å². The summed E-state index contributed by atoms with van der Waals surface area (Å²) in [7, 11) is 1.76. The molecule has 0 aliphatic rings. The molecule has 1 heterocycles. The van der Waals surface area contributed by atoms with Crippen molar-refractivity contribution in [2.24, 2.45) is 0 Å². The van der Waals surface area contributed by atoms with Crippen LogP contribution in [-0.2, 0) is 18.7 Å². The van der Waals surface area contributed by atoms with E-state index in [2.05, 4.69) is 21.9 Å². The number of halogens is 4. The van der Waals surface area contributed by atoms with Crippen LogP contribution >= 0.6 is 0 Å². The van der Waals surface area contributed by atoms with Crippen LogP contribution in [0.3, 0.4) is 0 Å². The molecular formula is C27H22F4N4O. The van der Waals surface area contributed by atoms with Crippen molar-refractivity contribution in [3.8, 4) is 11.8 Å². The van der Waals surface area contributed by atoms with Crippen LogP contribution in [-0.4, -0.2) is 38.4 Å². The maximum absolute atomic E-state index is 14.6. The maximum Gasteiger partial charge on any atom is 0.141 e. The highest BCUT2D eigenvalue weighted by Gasteiger charge is 2.34. The lowest BCUT2D eigenvalue weighted by Crippen LogP contribution is -2.43. The third kappa shape index (κ3) is 6.16. The lowest BCUT2D eigenvalue weighted by atomic mass is 9.92. The Morgan fingerprint density at radius 1 is 0.917 bits per heavy atom. The molecule has 0 saturated carbocycles. The molecule has 9 heteroatoms. The third-order valence-corrected chi connectivity index (χ3v) is 5.53. The molecule has 1 aromatic heterocycles. The van der Waals surface area contributed by atoms with Gasteiger partial charge in [0.2, 0.25) is 0 Å². The van der Waals surface area contributed by atoms with E-state index in [-0.39, 0.29) is 24.2 Å². The fourth-order valence-corrected chi connectivity index (χ4v) is 3.91. The van der Waals surface area contributed by atoms with E-state index in [1.807, 2.05) is 12.1 Å². The fraction of sp³-hybridized carbons (Fsp3) is 0.185. The first kappa shape index (κ1) is 25.1. The summed E-state index contributed by atoms with van der Waals surface area (Å²) in [5.41, 5.74) is -0.144. The largest absolute Gasteiger partial charge is 0.382 e. The summed E-state index contributed by atoms with van der Waals surface area (Å²) >= 11 is 0. The van der Waals surface area contributed by atoms with Gasteiger partial charge < -0.3 is 5.11 Å². The second-order valence-electron chi connectivity index (χ2n) is 8.49. The van der Waals surface area contributed by atoms with Gasteiger partial charge in [-0.25, -0.2) is 27.2 Å². The Labute approximate surface area is 205 Å². The second kappa shape index (κ2) is 10.7. The molecule has 1 N–H and O–H groups in total. The highest BCUT2D eigenvalue weighted by molar-refractivity contribution is 5.44. The Morgan fingerprint density at radius 3 is 2.25 bits per heavy atom. The predicted octanol–water partition coefficient (Wildman–Crippen LogP) is 4.25. The highest BCUT2D eigenvalue weighted by Crippen LogP contribution is 2.28. The molecule has 0 fully saturated rings. The van der Waals surface area contributed by atoms with Crippen LogP contribution in [0.5, 0.6) is 0 Å². The smallest absolute Gasteiger partial charge is 0.141 e. The van der Waals surface area contributed by atoms with Gasteiger partial charge in [-0.2, -0.15) is 5.10 Å². The van der Waals surface area contributed by atoms with Crippen LogP contribution in [0.25, 0.3) is 0 Å². The first-order valence-electron chi connectivity index (χ1n) is 11.0. The van der Waals surface area contributed by atoms with E-state index in [0.717, 1.165) is 29.8 Å². The quantitative estimate of drug-likeness (QED) is 0.308. The minimum atomic E-state index is -1.72. The molecule has 4 rings (SSSR count). The van der Waals surface area contributed by atoms with E-state index in [9.17, 15) is 22.7 Å². The van der Waals surface area contributed by atoms with Crippen LogP contribution in [0.2, 0.25) is 0 Å². The molecule has 36 heavy (non-hydrogen) atoms. The average molecular weight is 494 g/mol. The topological polar surface area (TPSA) is 54.2 Å². The SMILES string of the molecule is CN(Cc1ccc(C#Cc2ccc(F)cc2F)cc1)CC(O)(Cn1cncn1)c1ccc(F)cc1F. The predicted molar refractivity (Wildman–Crippen MR) is 125 cm³/mol. The van der Waals surface area contributed by atoms with Gasteiger partial charge in [0, 0.05) is 36.3 Å². The van der Waals surface area contributed by atoms with Gasteiger partial charge in [0.25, 0.3) is 0 Å². The number of nitrogens with zero attached hydrogens (tertiary/aromatic N) is 4. The van der Waals surface area contributed by atoms with Crippen molar-refractivity contribution in [2.75, 3.05) is 13.6 Å². The lowest BCUT2D eigenvalue weighted by molar-refractivity contribution is -0.0175. The molecule has 0 aliphatic heterocycles. The van der Waals surface area contributed by atoms with Crippen LogP contribution in [0, 0.1) is 35.1 Å². The van der Waals surface area contributed by atoms with Crippen molar-refractivity contribution in [1.29, 1.82) is 0 Å². The molecular weight excluding hydrogens is 472 g/mol. The number of rotatable bonds is 7. The lowest BCUT2D eigenvalue weighted by Gasteiger charge is -2.33. The van der Waals surface area contributed by atoms with Crippen LogP contribution in [0.15, 0.2) is 73.3 Å². The summed E-state index contributed by atoms with van der Waals surface area (Å²) in [5, 5.41) is 15.5. The molecule has 4 aromatic rings. The Balaban J connectivity index is 1.48. The van der Waals surface area contributed by atoms with Crippen molar-refractivity contribution in [3.05, 3.63) is 119 Å². The van der Waals surface area contributed by atoms with Crippen molar-refractivity contribution in [1.82, 2.24) is 19.7 Å². The molecule has 0 saturated heterocycles. The van der Waals surface area contributed by atoms with Gasteiger partial charge in [-0.05, 0) is 42.9 Å². The molecule has 0 amide bonds. The molecule has 0 radical (unpaired) electrons. The Kier molecular flexibility index (Phi) is 7.48. The van der Waals surface area contributed by atoms with E-state index in [4.69, 9.17) is 0 Å². The standard InChI is InChI=1S/C27H22F4N4O/c1-34(14-20-4-2-19(3-5-20)6-7-21-8-9-22(28)12-25(21)30)15-27(36,16-35-18-32-17-33-35)24-11-10-23(29)13-26(24)31/h2-5,8-13,17-18,36H,14-16H2,1H3. The Hall–Kier alpha value is -4.00. The van der Waals surface area contributed by atoms with E-state index in [1.165, 1.54) is 29.5 Å². The van der Waals surface area contributed by atoms with Gasteiger partial charge in [0.15, 0.2) is 0 Å². The summed E-state index contributed by atoms with van der Waals surface area (Å²) < 4.78 is 56.3. The van der Waals surface area contributed by atoms with Crippen molar-refractivity contribution in [3.63, 3.8) is 0 Å². The van der Waals surface area contributed by atoms with Gasteiger partial charge in [-0.3, -0.25) is 4.90 Å². The monoisotopic (exact) mass is 494 g/mol. The number of hydrogen-bond acceptors (Lipinski definition) is 4. The van der Waals surface area contributed by atoms with Gasteiger partial charge in [-0.1, -0.05) is 30.0 Å². The molecule has 1 unspecified atom stereocenters. The van der Waals surface area contributed by atoms with E-state index < -0.39 is 28.9 Å². The highest BCUT2D eigenvalue weighted by atomic mass is 19.1. The third-order valence-electron chi connectivity index (χ3n) is 5.53. The molecule has 184 valence electrons. The number of hydrogen-bond donors (Lipinski definition) is 1. The van der Waals surface area contributed by atoms with Crippen LogP contribution in [0.4, 0.5) is 17.6 Å². The first-order valence-corrected chi connectivity index (χ1v) is 11.0. The van der Waals surface area contributed by atoms with Gasteiger partial charge in [-0.15, -0.1) is 0 Å². The number of benzene rings is 3. The summed E-state index contributed by atoms with van der Waals surface area (Å²) in [5.74, 6) is 2.55. The Morgan fingerprint density at radius 2 is 1.61 bits per heavy atom. The van der Waals surface area contributed by atoms with Gasteiger partial charge in [0.1, 0.15) is 41.5 Å². The summed E-state index contributed by atoms with van der Waals surface area (Å²) in [6.45, 7) is 0.331. The minimum Gasteiger partial charge on any atom is -0.382 e. The summed E-state index contributed by atoms with van der Waals surface area (Å²) in [6.07, 6.45) is 2.71. The number of aromatic nitrogens is 3. The fourth-order valence-electron chi connectivity index (χ4n) is 3.91. The number of likely N-dealkylation sites (N-methyl/N-ethyl adjacent to an activating group) is 1. The van der Waals surface area contributed by atoms with Crippen LogP contribution in [0.1, 0.15) is 22.3 Å². The summed E-state index contributed by atoms with van der Waals surface area (Å²) in [6, 6.07) is 13.5. The maximum atomic E-state index is 14.6. The molecule has 5 nitrogen and oxygen atoms in total. The van der Waals surface area contributed by atoms with E-state index >= 15 is 0 Å². The van der Waals surface area contributed by atoms with Gasteiger partial charge >= 0.3 is 0 Å². The first-order chi connectivity index (χ1) is 17.2. The molecule has 0 spiro atoms. The number of aliphatic hydroxyl groups is 1. The van der Waals surface area contributed by atoms with Crippen molar-refractivity contribution >= 4 is 0 Å². The van der Waals surface area contributed by atoms with E-state index in [1.54, 1.807) is 24.1 Å². The van der Waals surface area contributed by atoms with Gasteiger partial charge in [0.05, 0.1) is 12.1 Å². The summed E-state index contributed by atoms with van der Waals surface area (Å²) in [4.78, 5) is 5.66. The molecule has 3 aromatic carbocycles. The minimum absolute atomic E-state index is 0.0147. The zero-order valence-corrected chi connectivity index (χ0v) is 19.3. The van der Waals surface area contributed by atoms with Crippen molar-refractivity contribution in [2.45, 2.75) is 18.7 Å². The molecule has 0 bridgehead atoms. The molecule has 1 atom stereocenters. The molecule has 0 aliphatic carbocycles. The average Bonchev–Trinajstić information content (AvgIpc) is 3.32. The second-order valence-corrected chi connectivity index (χ2v) is 8.49. The Bertz CT molecular complexity index is 1400. The normalized spacial score (nSPS) is 12.8.